The first-order valence-corrected chi connectivity index (χ1v) is 19.1. The van der Waals surface area contributed by atoms with E-state index < -0.39 is 16.9 Å². The van der Waals surface area contributed by atoms with Crippen LogP contribution < -0.4 is 10.6 Å². The fraction of sp³-hybridized carbons (Fsp3) is 0.256. The molecule has 58 heavy (non-hydrogen) atoms. The summed E-state index contributed by atoms with van der Waals surface area (Å²) in [5, 5.41) is 7.32. The zero-order valence-electron chi connectivity index (χ0n) is 32.9. The highest BCUT2D eigenvalue weighted by molar-refractivity contribution is 6.31. The molecule has 2 aliphatic heterocycles. The fourth-order valence-corrected chi connectivity index (χ4v) is 7.70. The summed E-state index contributed by atoms with van der Waals surface area (Å²) >= 11 is 12.0. The number of aromatic nitrogens is 4. The molecule has 2 aliphatic rings. The summed E-state index contributed by atoms with van der Waals surface area (Å²) in [7, 11) is 3.50. The van der Waals surface area contributed by atoms with Crippen molar-refractivity contribution in [3.63, 3.8) is 0 Å². The monoisotopic (exact) mass is 828 g/mol. The SMILES string of the molecule is CN1Cc2nc(-c3ccc(F)cc3)c(Nc3ccc(Cl)c(F)c3)n2C(C)(C)C1=O.Cc1cc(Nc2c(-c3ccc(F)cc3)nc3n2C(C)(C)C(=O)N(C)C3)ccc1Cl. The van der Waals surface area contributed by atoms with Gasteiger partial charge in [0.15, 0.2) is 0 Å². The lowest BCUT2D eigenvalue weighted by Gasteiger charge is -2.37. The van der Waals surface area contributed by atoms with E-state index in [4.69, 9.17) is 33.2 Å². The largest absolute Gasteiger partial charge is 0.340 e. The number of carbonyl (C=O) groups is 2. The number of hydrogen-bond donors (Lipinski definition) is 2. The van der Waals surface area contributed by atoms with Crippen LogP contribution in [0.2, 0.25) is 10.0 Å². The maximum absolute atomic E-state index is 14.0. The van der Waals surface area contributed by atoms with Gasteiger partial charge in [0.25, 0.3) is 0 Å². The number of rotatable bonds is 6. The van der Waals surface area contributed by atoms with Gasteiger partial charge in [-0.15, -0.1) is 0 Å². The van der Waals surface area contributed by atoms with Gasteiger partial charge in [0, 0.05) is 41.6 Å². The molecule has 10 nitrogen and oxygen atoms in total. The molecule has 4 heterocycles. The van der Waals surface area contributed by atoms with E-state index in [9.17, 15) is 22.8 Å². The van der Waals surface area contributed by atoms with Gasteiger partial charge < -0.3 is 20.4 Å². The topological polar surface area (TPSA) is 100 Å². The van der Waals surface area contributed by atoms with Crippen molar-refractivity contribution in [3.8, 4) is 22.5 Å². The van der Waals surface area contributed by atoms with E-state index in [1.807, 2.05) is 48.1 Å². The number of carbonyl (C=O) groups excluding carboxylic acids is 2. The standard InChI is InChI=1S/C22H22ClFN4O.C21H19ClF2N4O/c1-13-11-16(9-10-17(13)23)25-20-19(14-5-7-15(24)8-6-14)26-18-12-27(4)21(29)22(2,3)28(18)20;1-21(2)20(29)27(3)11-17-26-18(12-4-6-13(23)7-5-12)19(28(17)21)25-14-8-9-15(22)16(24)10-14/h5-11,25H,12H2,1-4H3;4-10,25H,11H2,1-3H3. The third-order valence-corrected chi connectivity index (χ3v) is 11.1. The summed E-state index contributed by atoms with van der Waals surface area (Å²) in [4.78, 5) is 38.6. The number of nitrogens with zero attached hydrogens (tertiary/aromatic N) is 6. The van der Waals surface area contributed by atoms with Crippen LogP contribution in [0.25, 0.3) is 22.5 Å². The third-order valence-electron chi connectivity index (χ3n) is 10.3. The van der Waals surface area contributed by atoms with Crippen LogP contribution in [0.4, 0.5) is 36.2 Å². The van der Waals surface area contributed by atoms with Gasteiger partial charge in [-0.05, 0) is 125 Å². The molecule has 0 bridgehead atoms. The lowest BCUT2D eigenvalue weighted by atomic mass is 10.00. The molecule has 15 heteroatoms. The lowest BCUT2D eigenvalue weighted by Crippen LogP contribution is -2.50. The Bertz CT molecular complexity index is 2390. The molecule has 2 amide bonds. The molecule has 0 atom stereocenters. The minimum absolute atomic E-state index is 0.00314. The van der Waals surface area contributed by atoms with E-state index in [2.05, 4.69) is 10.6 Å². The van der Waals surface area contributed by atoms with Gasteiger partial charge in [0.1, 0.15) is 63.2 Å². The first-order chi connectivity index (χ1) is 27.4. The Morgan fingerprint density at radius 3 is 1.40 bits per heavy atom. The Morgan fingerprint density at radius 1 is 0.603 bits per heavy atom. The van der Waals surface area contributed by atoms with Crippen molar-refractivity contribution in [2.45, 2.75) is 58.8 Å². The normalized spacial score (nSPS) is 15.4. The Labute approximate surface area is 344 Å². The Morgan fingerprint density at radius 2 is 1.00 bits per heavy atom. The van der Waals surface area contributed by atoms with E-state index in [-0.39, 0.29) is 28.5 Å². The number of aryl methyl sites for hydroxylation is 1. The quantitative estimate of drug-likeness (QED) is 0.174. The highest BCUT2D eigenvalue weighted by atomic mass is 35.5. The summed E-state index contributed by atoms with van der Waals surface area (Å²) in [6.07, 6.45) is 0. The summed E-state index contributed by atoms with van der Waals surface area (Å²) in [5.74, 6) is 1.37. The minimum Gasteiger partial charge on any atom is -0.340 e. The van der Waals surface area contributed by atoms with Gasteiger partial charge in [-0.3, -0.25) is 18.7 Å². The second-order valence-electron chi connectivity index (χ2n) is 15.4. The molecule has 0 radical (unpaired) electrons. The van der Waals surface area contributed by atoms with E-state index in [1.165, 1.54) is 36.4 Å². The molecule has 2 N–H and O–H groups in total. The van der Waals surface area contributed by atoms with E-state index in [0.29, 0.717) is 58.2 Å². The van der Waals surface area contributed by atoms with Crippen molar-refractivity contribution >= 4 is 58.0 Å². The number of amides is 2. The number of hydrogen-bond acceptors (Lipinski definition) is 6. The zero-order valence-corrected chi connectivity index (χ0v) is 34.4. The molecule has 0 fully saturated rings. The molecule has 2 aromatic heterocycles. The van der Waals surface area contributed by atoms with Crippen molar-refractivity contribution in [2.75, 3.05) is 24.7 Å². The summed E-state index contributed by atoms with van der Waals surface area (Å²) in [6, 6.07) is 22.2. The molecule has 0 unspecified atom stereocenters. The second kappa shape index (κ2) is 15.2. The molecule has 0 aliphatic carbocycles. The zero-order chi connectivity index (χ0) is 41.8. The Kier molecular flexibility index (Phi) is 10.6. The van der Waals surface area contributed by atoms with E-state index in [1.54, 1.807) is 68.1 Å². The van der Waals surface area contributed by atoms with E-state index >= 15 is 0 Å². The number of halogens is 5. The molecule has 6 aromatic rings. The van der Waals surface area contributed by atoms with Crippen LogP contribution in [0.1, 0.15) is 44.9 Å². The van der Waals surface area contributed by atoms with Crippen molar-refractivity contribution in [1.29, 1.82) is 0 Å². The Hall–Kier alpha value is -5.79. The molecule has 0 saturated heterocycles. The van der Waals surface area contributed by atoms with Gasteiger partial charge in [-0.1, -0.05) is 23.2 Å². The molecule has 300 valence electrons. The molecule has 0 saturated carbocycles. The number of likely N-dealkylation sites (N-methyl/N-ethyl adjacent to an activating group) is 2. The van der Waals surface area contributed by atoms with Crippen molar-refractivity contribution in [1.82, 2.24) is 28.9 Å². The van der Waals surface area contributed by atoms with Gasteiger partial charge in [0.05, 0.1) is 18.1 Å². The highest BCUT2D eigenvalue weighted by Crippen LogP contribution is 2.41. The maximum Gasteiger partial charge on any atom is 0.248 e. The predicted molar refractivity (Wildman–Crippen MR) is 221 cm³/mol. The fourth-order valence-electron chi connectivity index (χ4n) is 7.46. The van der Waals surface area contributed by atoms with Crippen LogP contribution in [0.15, 0.2) is 84.9 Å². The van der Waals surface area contributed by atoms with Crippen molar-refractivity contribution in [3.05, 3.63) is 130 Å². The first kappa shape index (κ1) is 40.4. The average molecular weight is 830 g/mol. The summed E-state index contributed by atoms with van der Waals surface area (Å²) in [5.41, 5.74) is 3.16. The number of nitrogens with one attached hydrogen (secondary N) is 2. The van der Waals surface area contributed by atoms with Crippen LogP contribution in [-0.4, -0.2) is 54.8 Å². The predicted octanol–water partition coefficient (Wildman–Crippen LogP) is 10.0. The smallest absolute Gasteiger partial charge is 0.248 e. The van der Waals surface area contributed by atoms with Crippen LogP contribution in [-0.2, 0) is 33.8 Å². The summed E-state index contributed by atoms with van der Waals surface area (Å²) in [6.45, 7) is 10.0. The molecule has 8 rings (SSSR count). The maximum atomic E-state index is 14.0. The minimum atomic E-state index is -0.916. The lowest BCUT2D eigenvalue weighted by molar-refractivity contribution is -0.141. The average Bonchev–Trinajstić information content (AvgIpc) is 3.72. The van der Waals surface area contributed by atoms with Crippen LogP contribution in [0.5, 0.6) is 0 Å². The van der Waals surface area contributed by atoms with Crippen LogP contribution in [0.3, 0.4) is 0 Å². The number of imidazole rings is 2. The van der Waals surface area contributed by atoms with Gasteiger partial charge in [0.2, 0.25) is 11.8 Å². The van der Waals surface area contributed by atoms with Crippen LogP contribution >= 0.6 is 23.2 Å². The molecular weight excluding hydrogens is 788 g/mol. The van der Waals surface area contributed by atoms with Gasteiger partial charge in [-0.25, -0.2) is 23.1 Å². The van der Waals surface area contributed by atoms with Gasteiger partial charge >= 0.3 is 0 Å². The molecular formula is C43H41Cl2F3N8O2. The van der Waals surface area contributed by atoms with Crippen LogP contribution in [0, 0.1) is 24.4 Å². The molecule has 4 aromatic carbocycles. The first-order valence-electron chi connectivity index (χ1n) is 18.4. The molecule has 0 spiro atoms. The van der Waals surface area contributed by atoms with Crippen molar-refractivity contribution in [2.24, 2.45) is 0 Å². The number of benzene rings is 4. The third kappa shape index (κ3) is 7.40. The van der Waals surface area contributed by atoms with Crippen molar-refractivity contribution < 1.29 is 22.8 Å². The summed E-state index contributed by atoms with van der Waals surface area (Å²) < 4.78 is 44.7. The van der Waals surface area contributed by atoms with Gasteiger partial charge in [-0.2, -0.15) is 0 Å². The van der Waals surface area contributed by atoms with E-state index in [0.717, 1.165) is 22.6 Å². The number of anilines is 4. The Balaban J connectivity index is 0.000000177. The number of fused-ring (bicyclic) bond motifs is 2. The highest BCUT2D eigenvalue weighted by Gasteiger charge is 2.43. The second-order valence-corrected chi connectivity index (χ2v) is 16.2.